The van der Waals surface area contributed by atoms with Crippen LogP contribution in [0, 0.1) is 0 Å². The van der Waals surface area contributed by atoms with Gasteiger partial charge in [0.2, 0.25) is 0 Å². The molecule has 0 atom stereocenters. The number of ketones is 1. The van der Waals surface area contributed by atoms with Crippen molar-refractivity contribution in [3.05, 3.63) is 57.0 Å². The predicted molar refractivity (Wildman–Crippen MR) is 113 cm³/mol. The molecule has 0 unspecified atom stereocenters. The normalized spacial score (nSPS) is 13.7. The number of nitrogens with zero attached hydrogens (tertiary/aromatic N) is 4. The van der Waals surface area contributed by atoms with Crippen LogP contribution in [0.3, 0.4) is 0 Å². The van der Waals surface area contributed by atoms with Crippen molar-refractivity contribution >= 4 is 16.9 Å². The zero-order valence-electron chi connectivity index (χ0n) is 17.3. The van der Waals surface area contributed by atoms with Crippen LogP contribution in [-0.2, 0) is 17.9 Å². The Labute approximate surface area is 173 Å². The summed E-state index contributed by atoms with van der Waals surface area (Å²) < 4.78 is 10.00. The molecule has 0 aliphatic heterocycles. The van der Waals surface area contributed by atoms with E-state index in [9.17, 15) is 14.4 Å². The van der Waals surface area contributed by atoms with E-state index in [2.05, 4.69) is 4.98 Å². The highest BCUT2D eigenvalue weighted by Crippen LogP contribution is 2.35. The minimum Gasteiger partial charge on any atom is -0.497 e. The molecule has 8 nitrogen and oxygen atoms in total. The van der Waals surface area contributed by atoms with E-state index in [0.717, 1.165) is 24.2 Å². The van der Waals surface area contributed by atoms with E-state index in [1.165, 1.54) is 4.57 Å². The van der Waals surface area contributed by atoms with Crippen LogP contribution >= 0.6 is 0 Å². The van der Waals surface area contributed by atoms with E-state index in [0.29, 0.717) is 43.5 Å². The van der Waals surface area contributed by atoms with Crippen molar-refractivity contribution < 1.29 is 9.53 Å². The number of rotatable bonds is 9. The molecular formula is C22H26N4O4. The Hall–Kier alpha value is -3.16. The van der Waals surface area contributed by atoms with Crippen molar-refractivity contribution in [3.63, 3.8) is 0 Å². The van der Waals surface area contributed by atoms with Gasteiger partial charge in [0.25, 0.3) is 5.56 Å². The second kappa shape index (κ2) is 8.30. The Kier molecular flexibility index (Phi) is 5.57. The van der Waals surface area contributed by atoms with Gasteiger partial charge in [-0.1, -0.05) is 12.1 Å². The first-order valence-electron chi connectivity index (χ1n) is 10.3. The minimum absolute atomic E-state index is 0.105. The van der Waals surface area contributed by atoms with Gasteiger partial charge in [0.1, 0.15) is 11.5 Å². The Morgan fingerprint density at radius 3 is 2.53 bits per heavy atom. The summed E-state index contributed by atoms with van der Waals surface area (Å²) in [6.07, 6.45) is 5.20. The highest BCUT2D eigenvalue weighted by atomic mass is 16.5. The summed E-state index contributed by atoms with van der Waals surface area (Å²) in [7, 11) is 1.62. The quantitative estimate of drug-likeness (QED) is 0.506. The molecule has 4 rings (SSSR count). The molecular weight excluding hydrogens is 384 g/mol. The molecule has 1 saturated carbocycles. The maximum Gasteiger partial charge on any atom is 0.332 e. The van der Waals surface area contributed by atoms with Crippen molar-refractivity contribution in [2.75, 3.05) is 7.11 Å². The summed E-state index contributed by atoms with van der Waals surface area (Å²) >= 11 is 0. The van der Waals surface area contributed by atoms with E-state index < -0.39 is 0 Å². The predicted octanol–water partition coefficient (Wildman–Crippen LogP) is 2.51. The fourth-order valence-electron chi connectivity index (χ4n) is 3.75. The van der Waals surface area contributed by atoms with Crippen LogP contribution < -0.4 is 16.0 Å². The van der Waals surface area contributed by atoms with Crippen LogP contribution in [0.4, 0.5) is 0 Å². The van der Waals surface area contributed by atoms with Crippen LogP contribution in [0.25, 0.3) is 11.2 Å². The largest absolute Gasteiger partial charge is 0.497 e. The number of imidazole rings is 1. The highest BCUT2D eigenvalue weighted by molar-refractivity contribution is 5.75. The molecule has 1 fully saturated rings. The van der Waals surface area contributed by atoms with Gasteiger partial charge >= 0.3 is 5.69 Å². The third-order valence-corrected chi connectivity index (χ3v) is 5.52. The lowest BCUT2D eigenvalue weighted by Crippen LogP contribution is -2.40. The number of aromatic nitrogens is 4. The number of unbranched alkanes of at least 4 members (excludes halogenated alkanes) is 1. The van der Waals surface area contributed by atoms with Crippen molar-refractivity contribution in [1.29, 1.82) is 0 Å². The zero-order valence-corrected chi connectivity index (χ0v) is 17.3. The van der Waals surface area contributed by atoms with E-state index in [-0.39, 0.29) is 23.1 Å². The van der Waals surface area contributed by atoms with E-state index in [1.807, 2.05) is 28.8 Å². The average molecular weight is 410 g/mol. The second-order valence-electron chi connectivity index (χ2n) is 7.89. The fourth-order valence-corrected chi connectivity index (χ4v) is 3.75. The number of Topliss-reactive ketones (excluding diaryl/α,β-unsaturated/α-hetero) is 1. The van der Waals surface area contributed by atoms with Crippen molar-refractivity contribution in [1.82, 2.24) is 18.7 Å². The van der Waals surface area contributed by atoms with Gasteiger partial charge in [-0.3, -0.25) is 13.9 Å². The summed E-state index contributed by atoms with van der Waals surface area (Å²) in [6, 6.07) is 7.75. The van der Waals surface area contributed by atoms with Gasteiger partial charge < -0.3 is 14.1 Å². The van der Waals surface area contributed by atoms with E-state index >= 15 is 0 Å². The molecule has 1 aromatic carbocycles. The SMILES string of the molecule is COc1ccc(Cn2cnc3c2c(=O)n(CCCCC(C)=O)c(=O)n3C2CC2)cc1. The van der Waals surface area contributed by atoms with Crippen LogP contribution in [-0.4, -0.2) is 31.6 Å². The lowest BCUT2D eigenvalue weighted by atomic mass is 10.2. The standard InChI is InChI=1S/C22H26N4O4/c1-15(27)5-3-4-12-25-21(28)19-20(26(22(25)29)17-8-9-17)23-14-24(19)13-16-6-10-18(30-2)11-7-16/h6-7,10-11,14,17H,3-5,8-9,12-13H2,1-2H3. The number of ether oxygens (including phenoxy) is 1. The molecule has 0 N–H and O–H groups in total. The molecule has 158 valence electrons. The average Bonchev–Trinajstić information content (AvgIpc) is 3.48. The number of carbonyl (C=O) groups excluding carboxylic acids is 1. The molecule has 0 spiro atoms. The summed E-state index contributed by atoms with van der Waals surface area (Å²) in [5.41, 5.74) is 1.30. The first-order valence-corrected chi connectivity index (χ1v) is 10.3. The van der Waals surface area contributed by atoms with Gasteiger partial charge in [0.05, 0.1) is 13.4 Å². The number of benzene rings is 1. The van der Waals surface area contributed by atoms with E-state index in [4.69, 9.17) is 4.74 Å². The van der Waals surface area contributed by atoms with E-state index in [1.54, 1.807) is 24.9 Å². The number of hydrogen-bond acceptors (Lipinski definition) is 5. The van der Waals surface area contributed by atoms with Gasteiger partial charge in [0.15, 0.2) is 11.2 Å². The topological polar surface area (TPSA) is 88.1 Å². The molecule has 0 amide bonds. The molecule has 3 aromatic rings. The smallest absolute Gasteiger partial charge is 0.332 e. The zero-order chi connectivity index (χ0) is 21.3. The van der Waals surface area contributed by atoms with Gasteiger partial charge in [-0.2, -0.15) is 0 Å². The second-order valence-corrected chi connectivity index (χ2v) is 7.89. The van der Waals surface area contributed by atoms with Crippen LogP contribution in [0.5, 0.6) is 5.75 Å². The van der Waals surface area contributed by atoms with Crippen molar-refractivity contribution in [3.8, 4) is 5.75 Å². The molecule has 2 heterocycles. The summed E-state index contributed by atoms with van der Waals surface area (Å²) in [5.74, 6) is 0.885. The summed E-state index contributed by atoms with van der Waals surface area (Å²) in [5, 5.41) is 0. The number of methoxy groups -OCH3 is 1. The maximum atomic E-state index is 13.2. The monoisotopic (exact) mass is 410 g/mol. The molecule has 1 aliphatic rings. The van der Waals surface area contributed by atoms with Crippen LogP contribution in [0.2, 0.25) is 0 Å². The maximum absolute atomic E-state index is 13.2. The van der Waals surface area contributed by atoms with Gasteiger partial charge in [-0.25, -0.2) is 9.78 Å². The summed E-state index contributed by atoms with van der Waals surface area (Å²) in [4.78, 5) is 41.9. The Balaban J connectivity index is 1.72. The minimum atomic E-state index is -0.319. The lowest BCUT2D eigenvalue weighted by molar-refractivity contribution is -0.117. The number of hydrogen-bond donors (Lipinski definition) is 0. The first kappa shape index (κ1) is 20.1. The molecule has 1 aliphatic carbocycles. The van der Waals surface area contributed by atoms with Crippen LogP contribution in [0.15, 0.2) is 40.2 Å². The molecule has 8 heteroatoms. The van der Waals surface area contributed by atoms with Gasteiger partial charge in [-0.05, 0) is 50.3 Å². The summed E-state index contributed by atoms with van der Waals surface area (Å²) in [6.45, 7) is 2.33. The van der Waals surface area contributed by atoms with Gasteiger partial charge in [0, 0.05) is 25.6 Å². The third-order valence-electron chi connectivity index (χ3n) is 5.52. The molecule has 2 aromatic heterocycles. The van der Waals surface area contributed by atoms with Crippen LogP contribution in [0.1, 0.15) is 50.6 Å². The Morgan fingerprint density at radius 1 is 1.17 bits per heavy atom. The number of carbonyl (C=O) groups is 1. The molecule has 0 saturated heterocycles. The van der Waals surface area contributed by atoms with Crippen molar-refractivity contribution in [2.24, 2.45) is 0 Å². The third kappa shape index (κ3) is 3.94. The molecule has 0 bridgehead atoms. The molecule has 0 radical (unpaired) electrons. The highest BCUT2D eigenvalue weighted by Gasteiger charge is 2.30. The van der Waals surface area contributed by atoms with Gasteiger partial charge in [-0.15, -0.1) is 0 Å². The first-order chi connectivity index (χ1) is 14.5. The Bertz CT molecular complexity index is 1180. The fraction of sp³-hybridized carbons (Fsp3) is 0.455. The molecule has 30 heavy (non-hydrogen) atoms. The van der Waals surface area contributed by atoms with Crippen molar-refractivity contribution in [2.45, 2.75) is 58.2 Å². The lowest BCUT2D eigenvalue weighted by Gasteiger charge is -2.12. The Morgan fingerprint density at radius 2 is 1.90 bits per heavy atom. The number of fused-ring (bicyclic) bond motifs is 1.